The molecular weight excluding hydrogens is 306 g/mol. The summed E-state index contributed by atoms with van der Waals surface area (Å²) in [5.41, 5.74) is 0.940. The van der Waals surface area contributed by atoms with Gasteiger partial charge in [0.15, 0.2) is 0 Å². The van der Waals surface area contributed by atoms with Crippen molar-refractivity contribution in [2.75, 3.05) is 20.1 Å². The quantitative estimate of drug-likeness (QED) is 0.851. The molecule has 1 saturated heterocycles. The minimum absolute atomic E-state index is 0.211. The summed E-state index contributed by atoms with van der Waals surface area (Å²) in [6, 6.07) is 7.18. The van der Waals surface area contributed by atoms with Crippen LogP contribution in [0.5, 0.6) is 0 Å². The average molecular weight is 329 g/mol. The molecule has 4 amide bonds. The van der Waals surface area contributed by atoms with Gasteiger partial charge in [-0.25, -0.2) is 4.79 Å². The predicted molar refractivity (Wildman–Crippen MR) is 89.2 cm³/mol. The summed E-state index contributed by atoms with van der Waals surface area (Å²) in [4.78, 5) is 40.3. The Kier molecular flexibility index (Phi) is 4.07. The second-order valence-electron chi connectivity index (χ2n) is 7.05. The van der Waals surface area contributed by atoms with Crippen LogP contribution in [0.1, 0.15) is 31.4 Å². The molecule has 1 heterocycles. The Morgan fingerprint density at radius 2 is 2.04 bits per heavy atom. The Hall–Kier alpha value is -2.37. The van der Waals surface area contributed by atoms with Crippen molar-refractivity contribution < 1.29 is 14.4 Å². The number of nitrogens with zero attached hydrogens (tertiary/aromatic N) is 2. The second-order valence-corrected chi connectivity index (χ2v) is 7.05. The predicted octanol–water partition coefficient (Wildman–Crippen LogP) is 1.49. The van der Waals surface area contributed by atoms with Crippen LogP contribution in [-0.4, -0.2) is 47.8 Å². The topological polar surface area (TPSA) is 69.7 Å². The normalized spacial score (nSPS) is 22.2. The standard InChI is InChI=1S/C18H23N3O3/c1-12(2)10-20(3)15(22)11-21-16(23)18(19-17(21)24)9-8-13-6-4-5-7-14(13)18/h4-7,12H,8-11H2,1-3H3,(H,19,24). The number of fused-ring (bicyclic) bond motifs is 2. The summed E-state index contributed by atoms with van der Waals surface area (Å²) in [6.07, 6.45) is 1.29. The molecule has 1 unspecified atom stereocenters. The molecule has 1 aliphatic carbocycles. The Labute approximate surface area is 141 Å². The molecule has 6 heteroatoms. The SMILES string of the molecule is CC(C)CN(C)C(=O)CN1C(=O)NC2(CCc3ccccc32)C1=O. The fourth-order valence-electron chi connectivity index (χ4n) is 3.64. The monoisotopic (exact) mass is 329 g/mol. The van der Waals surface area contributed by atoms with Crippen molar-refractivity contribution in [2.24, 2.45) is 5.92 Å². The van der Waals surface area contributed by atoms with E-state index < -0.39 is 11.6 Å². The van der Waals surface area contributed by atoms with E-state index in [9.17, 15) is 14.4 Å². The average Bonchev–Trinajstić information content (AvgIpc) is 3.01. The van der Waals surface area contributed by atoms with Gasteiger partial charge in [-0.1, -0.05) is 38.1 Å². The van der Waals surface area contributed by atoms with Crippen molar-refractivity contribution in [3.63, 3.8) is 0 Å². The van der Waals surface area contributed by atoms with Gasteiger partial charge in [-0.2, -0.15) is 0 Å². The third-order valence-electron chi connectivity index (χ3n) is 4.78. The Balaban J connectivity index is 1.80. The zero-order valence-corrected chi connectivity index (χ0v) is 14.3. The number of imide groups is 1. The van der Waals surface area contributed by atoms with Crippen LogP contribution in [0.3, 0.4) is 0 Å². The number of nitrogens with one attached hydrogen (secondary N) is 1. The van der Waals surface area contributed by atoms with Crippen molar-refractivity contribution in [2.45, 2.75) is 32.2 Å². The molecular formula is C18H23N3O3. The van der Waals surface area contributed by atoms with Crippen molar-refractivity contribution in [3.05, 3.63) is 35.4 Å². The van der Waals surface area contributed by atoms with Gasteiger partial charge in [0.2, 0.25) is 5.91 Å². The second kappa shape index (κ2) is 5.92. The number of urea groups is 1. The van der Waals surface area contributed by atoms with Crippen LogP contribution in [0, 0.1) is 5.92 Å². The summed E-state index contributed by atoms with van der Waals surface area (Å²) in [5.74, 6) is -0.214. The van der Waals surface area contributed by atoms with E-state index in [1.54, 1.807) is 11.9 Å². The van der Waals surface area contributed by atoms with Crippen molar-refractivity contribution in [3.8, 4) is 0 Å². The molecule has 0 aromatic heterocycles. The summed E-state index contributed by atoms with van der Waals surface area (Å²) >= 11 is 0. The van der Waals surface area contributed by atoms with E-state index in [-0.39, 0.29) is 18.4 Å². The molecule has 1 N–H and O–H groups in total. The first-order valence-corrected chi connectivity index (χ1v) is 8.31. The number of carbonyl (C=O) groups is 3. The number of likely N-dealkylation sites (N-methyl/N-ethyl adjacent to an activating group) is 1. The maximum atomic E-state index is 13.0. The lowest BCUT2D eigenvalue weighted by Crippen LogP contribution is -2.44. The zero-order chi connectivity index (χ0) is 17.5. The molecule has 2 aliphatic rings. The van der Waals surface area contributed by atoms with Gasteiger partial charge in [0.1, 0.15) is 12.1 Å². The van der Waals surface area contributed by atoms with Gasteiger partial charge in [0, 0.05) is 13.6 Å². The molecule has 1 aliphatic heterocycles. The first-order valence-electron chi connectivity index (χ1n) is 8.31. The number of amides is 4. The summed E-state index contributed by atoms with van der Waals surface area (Å²) in [7, 11) is 1.70. The van der Waals surface area contributed by atoms with Gasteiger partial charge in [0.25, 0.3) is 5.91 Å². The highest BCUT2D eigenvalue weighted by Gasteiger charge is 2.55. The zero-order valence-electron chi connectivity index (χ0n) is 14.3. The maximum absolute atomic E-state index is 13.0. The highest BCUT2D eigenvalue weighted by molar-refractivity contribution is 6.09. The first kappa shape index (κ1) is 16.5. The largest absolute Gasteiger partial charge is 0.344 e. The third kappa shape index (κ3) is 2.56. The van der Waals surface area contributed by atoms with Crippen molar-refractivity contribution in [1.29, 1.82) is 0 Å². The van der Waals surface area contributed by atoms with Gasteiger partial charge in [-0.3, -0.25) is 14.5 Å². The van der Waals surface area contributed by atoms with Crippen LogP contribution < -0.4 is 5.32 Å². The molecule has 0 saturated carbocycles. The number of carbonyl (C=O) groups excluding carboxylic acids is 3. The van der Waals surface area contributed by atoms with Gasteiger partial charge in [0.05, 0.1) is 0 Å². The first-order chi connectivity index (χ1) is 11.3. The molecule has 6 nitrogen and oxygen atoms in total. The lowest BCUT2D eigenvalue weighted by Gasteiger charge is -2.24. The number of hydrogen-bond donors (Lipinski definition) is 1. The van der Waals surface area contributed by atoms with E-state index >= 15 is 0 Å². The van der Waals surface area contributed by atoms with Crippen LogP contribution in [0.4, 0.5) is 4.79 Å². The molecule has 1 spiro atoms. The molecule has 3 rings (SSSR count). The molecule has 0 radical (unpaired) electrons. The van der Waals surface area contributed by atoms with E-state index in [2.05, 4.69) is 5.32 Å². The maximum Gasteiger partial charge on any atom is 0.325 e. The van der Waals surface area contributed by atoms with Crippen molar-refractivity contribution in [1.82, 2.24) is 15.1 Å². The molecule has 1 fully saturated rings. The number of aryl methyl sites for hydroxylation is 1. The molecule has 128 valence electrons. The van der Waals surface area contributed by atoms with Gasteiger partial charge >= 0.3 is 6.03 Å². The molecule has 1 aromatic rings. The molecule has 1 atom stereocenters. The van der Waals surface area contributed by atoms with Gasteiger partial charge in [-0.05, 0) is 29.9 Å². The van der Waals surface area contributed by atoms with Gasteiger partial charge < -0.3 is 10.2 Å². The van der Waals surface area contributed by atoms with Crippen LogP contribution in [0.2, 0.25) is 0 Å². The fraction of sp³-hybridized carbons (Fsp3) is 0.500. The van der Waals surface area contributed by atoms with E-state index in [4.69, 9.17) is 0 Å². The van der Waals surface area contributed by atoms with Crippen LogP contribution >= 0.6 is 0 Å². The Morgan fingerprint density at radius 3 is 2.75 bits per heavy atom. The van der Waals surface area contributed by atoms with Crippen molar-refractivity contribution >= 4 is 17.8 Å². The number of rotatable bonds is 4. The van der Waals surface area contributed by atoms with Gasteiger partial charge in [-0.15, -0.1) is 0 Å². The summed E-state index contributed by atoms with van der Waals surface area (Å²) in [6.45, 7) is 4.41. The van der Waals surface area contributed by atoms with E-state index in [1.807, 2.05) is 38.1 Å². The van der Waals surface area contributed by atoms with E-state index in [0.29, 0.717) is 18.9 Å². The minimum Gasteiger partial charge on any atom is -0.344 e. The third-order valence-corrected chi connectivity index (χ3v) is 4.78. The smallest absolute Gasteiger partial charge is 0.325 e. The highest BCUT2D eigenvalue weighted by atomic mass is 16.2. The number of hydrogen-bond acceptors (Lipinski definition) is 3. The van der Waals surface area contributed by atoms with Crippen LogP contribution in [0.15, 0.2) is 24.3 Å². The van der Waals surface area contributed by atoms with Crippen LogP contribution in [-0.2, 0) is 21.5 Å². The highest BCUT2D eigenvalue weighted by Crippen LogP contribution is 2.41. The minimum atomic E-state index is -0.995. The Morgan fingerprint density at radius 1 is 1.33 bits per heavy atom. The molecule has 24 heavy (non-hydrogen) atoms. The van der Waals surface area contributed by atoms with E-state index in [1.165, 1.54) is 0 Å². The summed E-state index contributed by atoms with van der Waals surface area (Å²) in [5, 5.41) is 2.84. The fourth-order valence-corrected chi connectivity index (χ4v) is 3.64. The Bertz CT molecular complexity index is 701. The molecule has 1 aromatic carbocycles. The lowest BCUT2D eigenvalue weighted by atomic mass is 9.92. The summed E-state index contributed by atoms with van der Waals surface area (Å²) < 4.78 is 0. The van der Waals surface area contributed by atoms with Crippen LogP contribution in [0.25, 0.3) is 0 Å². The number of benzene rings is 1. The molecule has 0 bridgehead atoms. The lowest BCUT2D eigenvalue weighted by molar-refractivity contribution is -0.138. The van der Waals surface area contributed by atoms with E-state index in [0.717, 1.165) is 22.4 Å².